The standard InChI is InChI=1S/C9H14N4O4/c1-9(17,7(14)15)5-11-8(16)10-2-6-3-12-13-4-6/h3-4,17H,2,5H2,1H3,(H,12,13)(H,14,15)(H2,10,11,16). The molecule has 0 aliphatic heterocycles. The normalized spacial score (nSPS) is 13.8. The molecule has 1 heterocycles. The van der Waals surface area contributed by atoms with Crippen molar-refractivity contribution in [3.63, 3.8) is 0 Å². The van der Waals surface area contributed by atoms with Crippen LogP contribution in [0.3, 0.4) is 0 Å². The van der Waals surface area contributed by atoms with Gasteiger partial charge in [0.2, 0.25) is 0 Å². The summed E-state index contributed by atoms with van der Waals surface area (Å²) in [5.41, 5.74) is -1.20. The third kappa shape index (κ3) is 4.11. The number of nitrogens with zero attached hydrogens (tertiary/aromatic N) is 1. The molecule has 0 bridgehead atoms. The van der Waals surface area contributed by atoms with Gasteiger partial charge in [0.1, 0.15) is 0 Å². The number of H-pyrrole nitrogens is 1. The number of hydrogen-bond acceptors (Lipinski definition) is 4. The van der Waals surface area contributed by atoms with Crippen LogP contribution in [0.25, 0.3) is 0 Å². The molecule has 1 unspecified atom stereocenters. The highest BCUT2D eigenvalue weighted by atomic mass is 16.4. The van der Waals surface area contributed by atoms with Gasteiger partial charge in [-0.3, -0.25) is 5.10 Å². The number of rotatable bonds is 5. The highest BCUT2D eigenvalue weighted by Crippen LogP contribution is 2.00. The average Bonchev–Trinajstić information content (AvgIpc) is 2.76. The molecule has 0 aliphatic carbocycles. The van der Waals surface area contributed by atoms with Crippen molar-refractivity contribution in [1.29, 1.82) is 0 Å². The number of hydrogen-bond donors (Lipinski definition) is 5. The van der Waals surface area contributed by atoms with E-state index in [0.29, 0.717) is 0 Å². The summed E-state index contributed by atoms with van der Waals surface area (Å²) in [6, 6.07) is -0.562. The first-order chi connectivity index (χ1) is 7.92. The van der Waals surface area contributed by atoms with Gasteiger partial charge in [-0.25, -0.2) is 9.59 Å². The van der Waals surface area contributed by atoms with E-state index in [4.69, 9.17) is 5.11 Å². The minimum absolute atomic E-state index is 0.261. The number of carboxylic acid groups (broad SMARTS) is 1. The van der Waals surface area contributed by atoms with Crippen molar-refractivity contribution in [3.8, 4) is 0 Å². The Morgan fingerprint density at radius 3 is 2.76 bits per heavy atom. The lowest BCUT2D eigenvalue weighted by Crippen LogP contribution is -2.48. The van der Waals surface area contributed by atoms with Crippen LogP contribution in [0.1, 0.15) is 12.5 Å². The third-order valence-electron chi connectivity index (χ3n) is 2.06. The molecule has 0 saturated heterocycles. The first-order valence-electron chi connectivity index (χ1n) is 4.87. The molecule has 2 amide bonds. The van der Waals surface area contributed by atoms with E-state index >= 15 is 0 Å². The number of aromatic nitrogens is 2. The van der Waals surface area contributed by atoms with Gasteiger partial charge in [0.05, 0.1) is 12.7 Å². The summed E-state index contributed by atoms with van der Waals surface area (Å²) in [7, 11) is 0. The highest BCUT2D eigenvalue weighted by Gasteiger charge is 2.30. The highest BCUT2D eigenvalue weighted by molar-refractivity contribution is 5.79. The monoisotopic (exact) mass is 242 g/mol. The fraction of sp³-hybridized carbons (Fsp3) is 0.444. The minimum atomic E-state index is -1.98. The van der Waals surface area contributed by atoms with Gasteiger partial charge in [-0.1, -0.05) is 0 Å². The zero-order valence-corrected chi connectivity index (χ0v) is 9.23. The number of aliphatic carboxylic acids is 1. The van der Waals surface area contributed by atoms with Gasteiger partial charge in [0.25, 0.3) is 0 Å². The lowest BCUT2D eigenvalue weighted by Gasteiger charge is -2.18. The molecule has 0 aromatic carbocycles. The van der Waals surface area contributed by atoms with Crippen LogP contribution in [0.4, 0.5) is 4.79 Å². The zero-order valence-electron chi connectivity index (χ0n) is 9.23. The number of urea groups is 1. The Kier molecular flexibility index (Phi) is 4.05. The van der Waals surface area contributed by atoms with Crippen molar-refractivity contribution in [2.75, 3.05) is 6.54 Å². The van der Waals surface area contributed by atoms with Crippen molar-refractivity contribution in [3.05, 3.63) is 18.0 Å². The molecule has 94 valence electrons. The minimum Gasteiger partial charge on any atom is -0.479 e. The molecule has 1 rings (SSSR count). The van der Waals surface area contributed by atoms with E-state index in [1.165, 1.54) is 0 Å². The number of carbonyl (C=O) groups excluding carboxylic acids is 1. The van der Waals surface area contributed by atoms with Gasteiger partial charge < -0.3 is 20.8 Å². The van der Waals surface area contributed by atoms with Crippen molar-refractivity contribution in [2.45, 2.75) is 19.1 Å². The second-order valence-corrected chi connectivity index (χ2v) is 3.72. The molecule has 8 nitrogen and oxygen atoms in total. The Bertz CT molecular complexity index is 388. The first kappa shape index (κ1) is 13.0. The molecule has 8 heteroatoms. The number of carboxylic acids is 1. The first-order valence-corrected chi connectivity index (χ1v) is 4.87. The van der Waals surface area contributed by atoms with Crippen molar-refractivity contribution >= 4 is 12.0 Å². The maximum absolute atomic E-state index is 11.3. The fourth-order valence-corrected chi connectivity index (χ4v) is 0.947. The van der Waals surface area contributed by atoms with Crippen LogP contribution in [0, 0.1) is 0 Å². The number of aromatic amines is 1. The second-order valence-electron chi connectivity index (χ2n) is 3.72. The number of nitrogens with one attached hydrogen (secondary N) is 3. The van der Waals surface area contributed by atoms with Crippen LogP contribution in [-0.2, 0) is 11.3 Å². The summed E-state index contributed by atoms with van der Waals surface area (Å²) in [4.78, 5) is 21.8. The average molecular weight is 242 g/mol. The Morgan fingerprint density at radius 2 is 2.24 bits per heavy atom. The summed E-state index contributed by atoms with van der Waals surface area (Å²) >= 11 is 0. The predicted molar refractivity (Wildman–Crippen MR) is 57.1 cm³/mol. The van der Waals surface area contributed by atoms with Gasteiger partial charge in [-0.15, -0.1) is 0 Å². The van der Waals surface area contributed by atoms with Crippen LogP contribution < -0.4 is 10.6 Å². The summed E-state index contributed by atoms with van der Waals surface area (Å²) in [5.74, 6) is -1.40. The van der Waals surface area contributed by atoms with E-state index in [-0.39, 0.29) is 13.1 Å². The van der Waals surface area contributed by atoms with Gasteiger partial charge in [-0.05, 0) is 6.92 Å². The van der Waals surface area contributed by atoms with E-state index in [9.17, 15) is 14.7 Å². The summed E-state index contributed by atoms with van der Waals surface area (Å²) in [5, 5.41) is 29.0. The molecule has 5 N–H and O–H groups in total. The predicted octanol–water partition coefficient (Wildman–Crippen LogP) is -0.955. The van der Waals surface area contributed by atoms with E-state index in [0.717, 1.165) is 12.5 Å². The van der Waals surface area contributed by atoms with Gasteiger partial charge in [0.15, 0.2) is 5.60 Å². The molecule has 0 saturated carbocycles. The quantitative estimate of drug-likeness (QED) is 0.454. The molecule has 17 heavy (non-hydrogen) atoms. The molecule has 0 radical (unpaired) electrons. The van der Waals surface area contributed by atoms with E-state index in [2.05, 4.69) is 20.8 Å². The maximum Gasteiger partial charge on any atom is 0.337 e. The molecule has 0 aliphatic rings. The molecular formula is C9H14N4O4. The molecule has 1 aromatic heterocycles. The van der Waals surface area contributed by atoms with E-state index in [1.54, 1.807) is 12.4 Å². The molecule has 1 aromatic rings. The molecular weight excluding hydrogens is 228 g/mol. The van der Waals surface area contributed by atoms with E-state index in [1.807, 2.05) is 0 Å². The van der Waals surface area contributed by atoms with Crippen molar-refractivity contribution in [1.82, 2.24) is 20.8 Å². The smallest absolute Gasteiger partial charge is 0.337 e. The molecule has 1 atom stereocenters. The van der Waals surface area contributed by atoms with Gasteiger partial charge >= 0.3 is 12.0 Å². The van der Waals surface area contributed by atoms with E-state index < -0.39 is 17.6 Å². The second kappa shape index (κ2) is 5.30. The zero-order chi connectivity index (χ0) is 12.9. The van der Waals surface area contributed by atoms with Gasteiger partial charge in [-0.2, -0.15) is 5.10 Å². The largest absolute Gasteiger partial charge is 0.479 e. The van der Waals surface area contributed by atoms with Crippen LogP contribution in [0.2, 0.25) is 0 Å². The molecule has 0 fully saturated rings. The third-order valence-corrected chi connectivity index (χ3v) is 2.06. The van der Waals surface area contributed by atoms with Crippen LogP contribution >= 0.6 is 0 Å². The summed E-state index contributed by atoms with van der Waals surface area (Å²) in [6.07, 6.45) is 3.17. The molecule has 0 spiro atoms. The Labute approximate surface area is 97.0 Å². The number of amides is 2. The topological polar surface area (TPSA) is 127 Å². The number of aliphatic hydroxyl groups is 1. The Morgan fingerprint density at radius 1 is 1.53 bits per heavy atom. The Hall–Kier alpha value is -2.09. The van der Waals surface area contributed by atoms with Crippen LogP contribution in [0.5, 0.6) is 0 Å². The SMILES string of the molecule is CC(O)(CNC(=O)NCc1cn[nH]c1)C(=O)O. The fourth-order valence-electron chi connectivity index (χ4n) is 0.947. The summed E-state index contributed by atoms with van der Waals surface area (Å²) < 4.78 is 0. The van der Waals surface area contributed by atoms with Crippen molar-refractivity contribution in [2.24, 2.45) is 0 Å². The maximum atomic E-state index is 11.3. The summed E-state index contributed by atoms with van der Waals surface area (Å²) in [6.45, 7) is 0.989. The van der Waals surface area contributed by atoms with Crippen LogP contribution in [-0.4, -0.2) is 44.6 Å². The van der Waals surface area contributed by atoms with Crippen molar-refractivity contribution < 1.29 is 19.8 Å². The lowest BCUT2D eigenvalue weighted by atomic mass is 10.1. The lowest BCUT2D eigenvalue weighted by molar-refractivity contribution is -0.155. The number of carbonyl (C=O) groups is 2. The Balaban J connectivity index is 2.28. The van der Waals surface area contributed by atoms with Crippen LogP contribution in [0.15, 0.2) is 12.4 Å². The van der Waals surface area contributed by atoms with Gasteiger partial charge in [0, 0.05) is 18.3 Å².